The molecule has 1 unspecified atom stereocenters. The van der Waals surface area contributed by atoms with Gasteiger partial charge in [-0.3, -0.25) is 4.79 Å². The number of amides is 1. The van der Waals surface area contributed by atoms with Crippen LogP contribution in [0.25, 0.3) is 0 Å². The van der Waals surface area contributed by atoms with Crippen molar-refractivity contribution in [2.24, 2.45) is 10.9 Å². The van der Waals surface area contributed by atoms with E-state index >= 15 is 0 Å². The number of nitrogens with one attached hydrogen (secondary N) is 2. The normalized spacial score (nSPS) is 21.4. The molecule has 1 atom stereocenters. The summed E-state index contributed by atoms with van der Waals surface area (Å²) in [7, 11) is 2.19. The molecule has 0 aromatic rings. The van der Waals surface area contributed by atoms with Gasteiger partial charge in [0.05, 0.1) is 0 Å². The molecule has 0 aromatic heterocycles. The van der Waals surface area contributed by atoms with Crippen molar-refractivity contribution in [2.75, 3.05) is 72.5 Å². The molecule has 0 aromatic carbocycles. The highest BCUT2D eigenvalue weighted by Crippen LogP contribution is 2.07. The number of hydrogen-bond donors (Lipinski definition) is 2. The summed E-state index contributed by atoms with van der Waals surface area (Å²) in [6.07, 6.45) is 2.25. The first-order valence-electron chi connectivity index (χ1n) is 9.79. The number of rotatable bonds is 7. The molecule has 0 saturated carbocycles. The molecular weight excluding hydrogens is 316 g/mol. The number of piperazine rings is 1. The summed E-state index contributed by atoms with van der Waals surface area (Å²) < 4.78 is 0. The summed E-state index contributed by atoms with van der Waals surface area (Å²) in [6, 6.07) is 0. The van der Waals surface area contributed by atoms with Crippen molar-refractivity contribution < 1.29 is 4.79 Å². The van der Waals surface area contributed by atoms with Crippen molar-refractivity contribution in [3.63, 3.8) is 0 Å². The van der Waals surface area contributed by atoms with Gasteiger partial charge in [-0.1, -0.05) is 6.92 Å². The fourth-order valence-electron chi connectivity index (χ4n) is 3.36. The Balaban J connectivity index is 1.71. The van der Waals surface area contributed by atoms with Gasteiger partial charge >= 0.3 is 0 Å². The van der Waals surface area contributed by atoms with Crippen molar-refractivity contribution in [3.8, 4) is 0 Å². The van der Waals surface area contributed by atoms with Gasteiger partial charge in [0.2, 0.25) is 5.91 Å². The molecule has 7 nitrogen and oxygen atoms in total. The minimum absolute atomic E-state index is 0.139. The summed E-state index contributed by atoms with van der Waals surface area (Å²) in [5, 5.41) is 6.64. The van der Waals surface area contributed by atoms with Gasteiger partial charge < -0.3 is 25.3 Å². The second-order valence-corrected chi connectivity index (χ2v) is 7.37. The minimum atomic E-state index is 0.139. The highest BCUT2D eigenvalue weighted by Gasteiger charge is 2.18. The van der Waals surface area contributed by atoms with E-state index < -0.39 is 0 Å². The number of nitrogens with zero attached hydrogens (tertiary/aromatic N) is 4. The molecule has 1 amide bonds. The monoisotopic (exact) mass is 352 g/mol. The van der Waals surface area contributed by atoms with Crippen molar-refractivity contribution in [1.82, 2.24) is 25.3 Å². The smallest absolute Gasteiger partial charge is 0.244 e. The molecule has 2 aliphatic rings. The van der Waals surface area contributed by atoms with Crippen molar-refractivity contribution in [1.29, 1.82) is 0 Å². The maximum Gasteiger partial charge on any atom is 0.244 e. The molecule has 2 N–H and O–H groups in total. The minimum Gasteiger partial charge on any atom is -0.357 e. The van der Waals surface area contributed by atoms with Crippen LogP contribution in [0.5, 0.6) is 0 Å². The lowest BCUT2D eigenvalue weighted by atomic mass is 10.1. The Morgan fingerprint density at radius 2 is 1.76 bits per heavy atom. The van der Waals surface area contributed by atoms with E-state index in [-0.39, 0.29) is 12.5 Å². The fraction of sp³-hybridized carbons (Fsp3) is 0.889. The number of likely N-dealkylation sites (N-methyl/N-ethyl adjacent to an activating group) is 1. The molecule has 7 heteroatoms. The average molecular weight is 353 g/mol. The predicted molar refractivity (Wildman–Crippen MR) is 103 cm³/mol. The van der Waals surface area contributed by atoms with Gasteiger partial charge in [0.1, 0.15) is 6.54 Å². The summed E-state index contributed by atoms with van der Waals surface area (Å²) in [5.74, 6) is 1.43. The Morgan fingerprint density at radius 3 is 2.40 bits per heavy atom. The van der Waals surface area contributed by atoms with Crippen LogP contribution in [0.3, 0.4) is 0 Å². The number of guanidine groups is 1. The molecule has 0 radical (unpaired) electrons. The van der Waals surface area contributed by atoms with Crippen LogP contribution in [0, 0.1) is 5.92 Å². The van der Waals surface area contributed by atoms with Crippen LogP contribution in [-0.2, 0) is 4.79 Å². The van der Waals surface area contributed by atoms with Gasteiger partial charge in [-0.2, -0.15) is 0 Å². The number of carbonyl (C=O) groups is 1. The first-order chi connectivity index (χ1) is 12.1. The molecular formula is C18H36N6O. The Morgan fingerprint density at radius 1 is 1.08 bits per heavy atom. The van der Waals surface area contributed by atoms with Crippen LogP contribution in [0.2, 0.25) is 0 Å². The number of aliphatic imine (C=N–C) groups is 1. The standard InChI is InChI=1S/C18H36N6O/c1-4-19-18(21-14-17(25)24-7-5-6-8-24)20-13-16(2)15-23-11-9-22(3)10-12-23/h16H,4-15H2,1-3H3,(H2,19,20,21). The zero-order valence-electron chi connectivity index (χ0n) is 16.3. The highest BCUT2D eigenvalue weighted by atomic mass is 16.2. The van der Waals surface area contributed by atoms with E-state index in [1.165, 1.54) is 0 Å². The molecule has 2 saturated heterocycles. The molecule has 0 bridgehead atoms. The van der Waals surface area contributed by atoms with Crippen LogP contribution in [0.15, 0.2) is 4.99 Å². The molecule has 0 aliphatic carbocycles. The second-order valence-electron chi connectivity index (χ2n) is 7.37. The zero-order chi connectivity index (χ0) is 18.1. The Hall–Kier alpha value is -1.34. The zero-order valence-corrected chi connectivity index (χ0v) is 16.3. The average Bonchev–Trinajstić information content (AvgIpc) is 3.14. The van der Waals surface area contributed by atoms with Crippen LogP contribution in [0.1, 0.15) is 26.7 Å². The van der Waals surface area contributed by atoms with E-state index in [2.05, 4.69) is 39.4 Å². The summed E-state index contributed by atoms with van der Waals surface area (Å²) >= 11 is 0. The number of carbonyl (C=O) groups excluding carboxylic acids is 1. The van der Waals surface area contributed by atoms with Gasteiger partial charge in [0.15, 0.2) is 5.96 Å². The van der Waals surface area contributed by atoms with E-state index in [9.17, 15) is 4.79 Å². The lowest BCUT2D eigenvalue weighted by molar-refractivity contribution is -0.128. The quantitative estimate of drug-likeness (QED) is 0.501. The first-order valence-corrected chi connectivity index (χ1v) is 9.79. The van der Waals surface area contributed by atoms with Crippen LogP contribution in [-0.4, -0.2) is 99.1 Å². The summed E-state index contributed by atoms with van der Waals surface area (Å²) in [6.45, 7) is 13.7. The topological polar surface area (TPSA) is 63.2 Å². The third kappa shape index (κ3) is 7.20. The lowest BCUT2D eigenvalue weighted by Crippen LogP contribution is -2.47. The third-order valence-electron chi connectivity index (χ3n) is 4.96. The summed E-state index contributed by atoms with van der Waals surface area (Å²) in [4.78, 5) is 23.4. The molecule has 2 heterocycles. The van der Waals surface area contributed by atoms with Crippen molar-refractivity contribution in [2.45, 2.75) is 26.7 Å². The molecule has 25 heavy (non-hydrogen) atoms. The van der Waals surface area contributed by atoms with Crippen LogP contribution < -0.4 is 10.6 Å². The maximum absolute atomic E-state index is 12.1. The van der Waals surface area contributed by atoms with Gasteiger partial charge in [-0.05, 0) is 32.7 Å². The van der Waals surface area contributed by atoms with E-state index in [1.807, 2.05) is 11.8 Å². The summed E-state index contributed by atoms with van der Waals surface area (Å²) in [5.41, 5.74) is 0. The predicted octanol–water partition coefficient (Wildman–Crippen LogP) is 0.0474. The SMILES string of the molecule is CCNC(=NCC(=O)N1CCCC1)NCC(C)CN1CCN(C)CC1. The van der Waals surface area contributed by atoms with Crippen molar-refractivity contribution >= 4 is 11.9 Å². The van der Waals surface area contributed by atoms with Gasteiger partial charge in [-0.25, -0.2) is 4.99 Å². The number of hydrogen-bond acceptors (Lipinski definition) is 4. The Labute approximate surface area is 152 Å². The van der Waals surface area contributed by atoms with E-state index in [4.69, 9.17) is 0 Å². The number of likely N-dealkylation sites (tertiary alicyclic amines) is 1. The Kier molecular flexibility index (Phi) is 8.48. The van der Waals surface area contributed by atoms with E-state index in [0.717, 1.165) is 77.7 Å². The third-order valence-corrected chi connectivity index (χ3v) is 4.96. The highest BCUT2D eigenvalue weighted by molar-refractivity contribution is 5.85. The van der Waals surface area contributed by atoms with Crippen molar-refractivity contribution in [3.05, 3.63) is 0 Å². The fourth-order valence-corrected chi connectivity index (χ4v) is 3.36. The largest absolute Gasteiger partial charge is 0.357 e. The van der Waals surface area contributed by atoms with E-state index in [1.54, 1.807) is 0 Å². The van der Waals surface area contributed by atoms with Crippen LogP contribution in [0.4, 0.5) is 0 Å². The maximum atomic E-state index is 12.1. The Bertz CT molecular complexity index is 427. The molecule has 2 fully saturated rings. The molecule has 0 spiro atoms. The van der Waals surface area contributed by atoms with E-state index in [0.29, 0.717) is 5.92 Å². The second kappa shape index (κ2) is 10.6. The van der Waals surface area contributed by atoms with Gasteiger partial charge in [-0.15, -0.1) is 0 Å². The lowest BCUT2D eigenvalue weighted by Gasteiger charge is -2.34. The molecule has 2 aliphatic heterocycles. The first kappa shape index (κ1) is 20.0. The van der Waals surface area contributed by atoms with Gasteiger partial charge in [0, 0.05) is 58.9 Å². The van der Waals surface area contributed by atoms with Crippen LogP contribution >= 0.6 is 0 Å². The molecule has 144 valence electrons. The van der Waals surface area contributed by atoms with Gasteiger partial charge in [0.25, 0.3) is 0 Å². The molecule has 2 rings (SSSR count).